The van der Waals surface area contributed by atoms with Crippen LogP contribution in [0.2, 0.25) is 5.15 Å². The molecule has 0 spiro atoms. The number of aliphatic hydroxyl groups excluding tert-OH is 1. The summed E-state index contributed by atoms with van der Waals surface area (Å²) < 4.78 is 37.3. The van der Waals surface area contributed by atoms with Crippen LogP contribution in [0.1, 0.15) is 24.5 Å². The van der Waals surface area contributed by atoms with Crippen LogP contribution in [-0.2, 0) is 6.30 Å². The van der Waals surface area contributed by atoms with E-state index in [2.05, 4.69) is 27.2 Å². The van der Waals surface area contributed by atoms with E-state index in [4.69, 9.17) is 11.6 Å². The lowest BCUT2D eigenvalue weighted by Crippen LogP contribution is -2.16. The quantitative estimate of drug-likeness (QED) is 0.651. The van der Waals surface area contributed by atoms with Gasteiger partial charge in [-0.1, -0.05) is 23.4 Å². The fourth-order valence-corrected chi connectivity index (χ4v) is 1.91. The fraction of sp³-hybridized carbons (Fsp3) is 0.333. The minimum absolute atomic E-state index is 0.112. The van der Waals surface area contributed by atoms with Crippen molar-refractivity contribution in [1.29, 1.82) is 0 Å². The number of hydrogen-bond acceptors (Lipinski definition) is 4. The minimum atomic E-state index is -4.57. The number of halogens is 4. The number of rotatable bonds is 4. The van der Waals surface area contributed by atoms with E-state index in [1.54, 1.807) is 13.0 Å². The molecule has 1 atom stereocenters. The minimum Gasteiger partial charge on any atom is -0.393 e. The zero-order chi connectivity index (χ0) is 17.7. The van der Waals surface area contributed by atoms with E-state index in [0.29, 0.717) is 24.2 Å². The summed E-state index contributed by atoms with van der Waals surface area (Å²) in [5, 5.41) is 15.8. The van der Waals surface area contributed by atoms with Crippen LogP contribution in [0, 0.1) is 11.8 Å². The van der Waals surface area contributed by atoms with Crippen LogP contribution in [-0.4, -0.2) is 32.5 Å². The lowest BCUT2D eigenvalue weighted by Gasteiger charge is -2.09. The lowest BCUT2D eigenvalue weighted by molar-refractivity contribution is -0.212. The first-order valence-electron chi connectivity index (χ1n) is 6.97. The number of aromatic nitrogens is 3. The van der Waals surface area contributed by atoms with Gasteiger partial charge in [-0.3, -0.25) is 0 Å². The number of anilines is 1. The van der Waals surface area contributed by atoms with Gasteiger partial charge >= 0.3 is 6.30 Å². The highest BCUT2D eigenvalue weighted by Crippen LogP contribution is 2.21. The molecule has 0 saturated carbocycles. The van der Waals surface area contributed by atoms with Crippen LogP contribution >= 0.6 is 11.6 Å². The van der Waals surface area contributed by atoms with Crippen LogP contribution in [0.3, 0.4) is 0 Å². The molecule has 2 heterocycles. The summed E-state index contributed by atoms with van der Waals surface area (Å²) in [7, 11) is 0. The molecule has 2 aromatic heterocycles. The van der Waals surface area contributed by atoms with Crippen molar-refractivity contribution < 1.29 is 18.3 Å². The number of alkyl halides is 3. The Morgan fingerprint density at radius 3 is 2.75 bits per heavy atom. The van der Waals surface area contributed by atoms with Gasteiger partial charge in [0, 0.05) is 18.9 Å². The molecule has 5 nitrogen and oxygen atoms in total. The monoisotopic (exact) mass is 358 g/mol. The molecule has 0 aromatic carbocycles. The summed E-state index contributed by atoms with van der Waals surface area (Å²) in [4.78, 5) is 3.91. The average molecular weight is 359 g/mol. The van der Waals surface area contributed by atoms with E-state index in [1.165, 1.54) is 6.20 Å². The highest BCUT2D eigenvalue weighted by atomic mass is 35.5. The molecule has 0 saturated heterocycles. The van der Waals surface area contributed by atoms with Gasteiger partial charge in [-0.15, -0.1) is 13.2 Å². The second-order valence-electron chi connectivity index (χ2n) is 5.01. The van der Waals surface area contributed by atoms with Crippen LogP contribution < -0.4 is 5.32 Å². The lowest BCUT2D eigenvalue weighted by atomic mass is 10.2. The maximum Gasteiger partial charge on any atom is 0.504 e. The van der Waals surface area contributed by atoms with E-state index >= 15 is 0 Å². The maximum absolute atomic E-state index is 12.5. The van der Waals surface area contributed by atoms with Crippen molar-refractivity contribution in [2.45, 2.75) is 25.7 Å². The fourth-order valence-electron chi connectivity index (χ4n) is 1.76. The predicted octanol–water partition coefficient (Wildman–Crippen LogP) is 2.99. The van der Waals surface area contributed by atoms with Crippen LogP contribution in [0.4, 0.5) is 18.9 Å². The van der Waals surface area contributed by atoms with Crippen LogP contribution in [0.25, 0.3) is 0 Å². The highest BCUT2D eigenvalue weighted by Gasteiger charge is 2.31. The molecule has 2 rings (SSSR count). The van der Waals surface area contributed by atoms with E-state index in [1.807, 2.05) is 0 Å². The van der Waals surface area contributed by atoms with Crippen molar-refractivity contribution in [3.8, 4) is 11.8 Å². The topological polar surface area (TPSA) is 63.0 Å². The molecule has 0 aliphatic carbocycles. The summed E-state index contributed by atoms with van der Waals surface area (Å²) in [5.74, 6) is 5.35. The van der Waals surface area contributed by atoms with Crippen molar-refractivity contribution in [2.75, 3.05) is 11.9 Å². The Bertz CT molecular complexity index is 762. The summed E-state index contributed by atoms with van der Waals surface area (Å²) in [5.41, 5.74) is 1.19. The van der Waals surface area contributed by atoms with Gasteiger partial charge in [0.15, 0.2) is 0 Å². The maximum atomic E-state index is 12.5. The van der Waals surface area contributed by atoms with Crippen molar-refractivity contribution in [3.05, 3.63) is 40.9 Å². The molecule has 9 heteroatoms. The summed E-state index contributed by atoms with van der Waals surface area (Å²) in [6.45, 7) is 2.15. The van der Waals surface area contributed by atoms with Gasteiger partial charge in [-0.05, 0) is 19.4 Å². The largest absolute Gasteiger partial charge is 0.504 e. The van der Waals surface area contributed by atoms with E-state index in [9.17, 15) is 18.3 Å². The molecule has 24 heavy (non-hydrogen) atoms. The number of nitrogens with zero attached hydrogens (tertiary/aromatic N) is 3. The Kier molecular flexibility index (Phi) is 5.70. The molecular weight excluding hydrogens is 345 g/mol. The van der Waals surface area contributed by atoms with Gasteiger partial charge in [0.25, 0.3) is 0 Å². The Hall–Kier alpha value is -2.24. The molecule has 0 aliphatic heterocycles. The molecule has 0 aliphatic rings. The number of aliphatic hydroxyl groups is 1. The van der Waals surface area contributed by atoms with Crippen molar-refractivity contribution in [3.63, 3.8) is 0 Å². The summed E-state index contributed by atoms with van der Waals surface area (Å²) in [6.07, 6.45) is -1.26. The van der Waals surface area contributed by atoms with Gasteiger partial charge in [0.2, 0.25) is 0 Å². The first kappa shape index (κ1) is 18.1. The van der Waals surface area contributed by atoms with Crippen molar-refractivity contribution in [1.82, 2.24) is 14.8 Å². The molecule has 2 N–H and O–H groups in total. The Morgan fingerprint density at radius 1 is 1.38 bits per heavy atom. The second-order valence-corrected chi connectivity index (χ2v) is 5.40. The van der Waals surface area contributed by atoms with Crippen molar-refractivity contribution in [2.24, 2.45) is 0 Å². The third kappa shape index (κ3) is 5.15. The molecular formula is C15H14ClF3N4O. The molecule has 0 unspecified atom stereocenters. The number of nitrogens with one attached hydrogen (secondary N) is 1. The molecule has 0 fully saturated rings. The van der Waals surface area contributed by atoms with Crippen LogP contribution in [0.5, 0.6) is 0 Å². The first-order valence-corrected chi connectivity index (χ1v) is 7.35. The molecule has 0 radical (unpaired) electrons. The number of hydrogen-bond donors (Lipinski definition) is 2. The average Bonchev–Trinajstić information content (AvgIpc) is 2.95. The first-order chi connectivity index (χ1) is 11.3. The normalized spacial score (nSPS) is 12.4. The predicted molar refractivity (Wildman–Crippen MR) is 83.5 cm³/mol. The van der Waals surface area contributed by atoms with Gasteiger partial charge in [-0.2, -0.15) is 9.78 Å². The second kappa shape index (κ2) is 7.55. The highest BCUT2D eigenvalue weighted by molar-refractivity contribution is 6.29. The SMILES string of the molecule is C[C@@H](O)CCNc1cc(Cl)ncc1C#Cc1cnn(C(F)(F)F)c1. The number of pyridine rings is 1. The molecule has 0 amide bonds. The van der Waals surface area contributed by atoms with Gasteiger partial charge in [0.05, 0.1) is 29.1 Å². The molecule has 0 bridgehead atoms. The standard InChI is InChI=1S/C15H14ClF3N4O/c1-10(24)4-5-20-13-6-14(16)21-8-12(13)3-2-11-7-22-23(9-11)15(17,18)19/h6-10,24H,4-5H2,1H3,(H,20,21)/t10-/m1/s1. The third-order valence-electron chi connectivity index (χ3n) is 2.93. The zero-order valence-electron chi connectivity index (χ0n) is 12.6. The molecule has 2 aromatic rings. The molecule has 128 valence electrons. The third-order valence-corrected chi connectivity index (χ3v) is 3.14. The van der Waals surface area contributed by atoms with Crippen LogP contribution in [0.15, 0.2) is 24.7 Å². The smallest absolute Gasteiger partial charge is 0.393 e. The summed E-state index contributed by atoms with van der Waals surface area (Å²) >= 11 is 5.84. The Labute approximate surface area is 141 Å². The van der Waals surface area contributed by atoms with Gasteiger partial charge in [-0.25, -0.2) is 4.98 Å². The summed E-state index contributed by atoms with van der Waals surface area (Å²) in [6, 6.07) is 1.56. The Morgan fingerprint density at radius 2 is 2.12 bits per heavy atom. The van der Waals surface area contributed by atoms with E-state index in [-0.39, 0.29) is 15.4 Å². The van der Waals surface area contributed by atoms with Gasteiger partial charge < -0.3 is 10.4 Å². The van der Waals surface area contributed by atoms with E-state index < -0.39 is 12.4 Å². The van der Waals surface area contributed by atoms with Crippen molar-refractivity contribution >= 4 is 17.3 Å². The Balaban J connectivity index is 2.19. The zero-order valence-corrected chi connectivity index (χ0v) is 13.4. The van der Waals surface area contributed by atoms with E-state index in [0.717, 1.165) is 12.4 Å². The van der Waals surface area contributed by atoms with Gasteiger partial charge in [0.1, 0.15) is 5.15 Å².